The van der Waals surface area contributed by atoms with E-state index >= 15 is 0 Å². The lowest BCUT2D eigenvalue weighted by atomic mass is 10.1. The number of aliphatic hydroxyl groups excluding tert-OH is 1. The van der Waals surface area contributed by atoms with Crippen LogP contribution in [-0.4, -0.2) is 22.3 Å². The molecule has 0 spiro atoms. The molecule has 0 aromatic carbocycles. The fourth-order valence-corrected chi connectivity index (χ4v) is 0.677. The number of aliphatic hydroxyl groups is 1. The number of rotatable bonds is 2. The van der Waals surface area contributed by atoms with E-state index in [-0.39, 0.29) is 11.3 Å². The van der Waals surface area contributed by atoms with Crippen LogP contribution in [0.3, 0.4) is 0 Å². The van der Waals surface area contributed by atoms with Crippen LogP contribution in [0.1, 0.15) is 13.8 Å². The summed E-state index contributed by atoms with van der Waals surface area (Å²) in [6, 6.07) is 0. The summed E-state index contributed by atoms with van der Waals surface area (Å²) in [6.45, 7) is 2.80. The summed E-state index contributed by atoms with van der Waals surface area (Å²) in [4.78, 5) is 10.3. The van der Waals surface area contributed by atoms with Crippen LogP contribution >= 0.6 is 0 Å². The first-order valence-corrected chi connectivity index (χ1v) is 2.84. The number of carboxylic acids is 1. The van der Waals surface area contributed by atoms with Crippen LogP contribution in [0.2, 0.25) is 0 Å². The maximum absolute atomic E-state index is 10.3. The molecule has 58 valence electrons. The predicted octanol–water partition coefficient (Wildman–Crippen LogP) is -0.315. The molecule has 0 heterocycles. The molecular formula is C6H11NO3. The summed E-state index contributed by atoms with van der Waals surface area (Å²) in [5.74, 6) is -1.17. The Kier molecular flexibility index (Phi) is 2.89. The van der Waals surface area contributed by atoms with Gasteiger partial charge >= 0.3 is 5.97 Å². The van der Waals surface area contributed by atoms with E-state index in [1.807, 2.05) is 0 Å². The van der Waals surface area contributed by atoms with Gasteiger partial charge in [-0.2, -0.15) is 0 Å². The predicted molar refractivity (Wildman–Crippen MR) is 36.2 cm³/mol. The van der Waals surface area contributed by atoms with Crippen molar-refractivity contribution in [2.75, 3.05) is 0 Å². The Balaban J connectivity index is 4.61. The maximum Gasteiger partial charge on any atom is 0.335 e. The zero-order chi connectivity index (χ0) is 8.31. The molecule has 0 aromatic rings. The maximum atomic E-state index is 10.3. The van der Waals surface area contributed by atoms with Crippen molar-refractivity contribution in [2.45, 2.75) is 20.0 Å². The Hall–Kier alpha value is -1.03. The minimum atomic E-state index is -1.17. The number of aliphatic carboxylic acids is 1. The molecule has 0 fully saturated rings. The van der Waals surface area contributed by atoms with Gasteiger partial charge < -0.3 is 15.9 Å². The monoisotopic (exact) mass is 145 g/mol. The highest BCUT2D eigenvalue weighted by Crippen LogP contribution is 2.04. The molecule has 0 rings (SSSR count). The fraction of sp³-hybridized carbons (Fsp3) is 0.500. The molecule has 0 amide bonds. The SMILES string of the molecule is C/C(N)=C(/C(=O)O)C(C)O. The molecule has 1 unspecified atom stereocenters. The first-order valence-electron chi connectivity index (χ1n) is 2.84. The van der Waals surface area contributed by atoms with E-state index in [4.69, 9.17) is 15.9 Å². The number of hydrogen-bond acceptors (Lipinski definition) is 3. The highest BCUT2D eigenvalue weighted by molar-refractivity contribution is 5.88. The molecule has 0 saturated heterocycles. The van der Waals surface area contributed by atoms with E-state index in [0.29, 0.717) is 0 Å². The van der Waals surface area contributed by atoms with E-state index < -0.39 is 12.1 Å². The van der Waals surface area contributed by atoms with E-state index in [9.17, 15) is 4.79 Å². The van der Waals surface area contributed by atoms with Crippen LogP contribution in [0.5, 0.6) is 0 Å². The molecule has 0 aromatic heterocycles. The molecular weight excluding hydrogens is 134 g/mol. The summed E-state index contributed by atoms with van der Waals surface area (Å²) >= 11 is 0. The fourth-order valence-electron chi connectivity index (χ4n) is 0.677. The van der Waals surface area contributed by atoms with Gasteiger partial charge in [-0.3, -0.25) is 0 Å². The van der Waals surface area contributed by atoms with Gasteiger partial charge in [0.1, 0.15) is 0 Å². The molecule has 0 bridgehead atoms. The standard InChI is InChI=1S/C6H11NO3/c1-3(7)5(4(2)8)6(9)10/h4,8H,7H2,1-2H3,(H,9,10)/b5-3-. The normalized spacial score (nSPS) is 15.9. The Morgan fingerprint density at radius 3 is 2.00 bits per heavy atom. The largest absolute Gasteiger partial charge is 0.478 e. The van der Waals surface area contributed by atoms with Crippen LogP contribution in [0.4, 0.5) is 0 Å². The van der Waals surface area contributed by atoms with Crippen LogP contribution in [0.15, 0.2) is 11.3 Å². The van der Waals surface area contributed by atoms with Crippen molar-refractivity contribution < 1.29 is 15.0 Å². The zero-order valence-electron chi connectivity index (χ0n) is 5.96. The van der Waals surface area contributed by atoms with Gasteiger partial charge in [0.15, 0.2) is 0 Å². The molecule has 1 atom stereocenters. The lowest BCUT2D eigenvalue weighted by Crippen LogP contribution is -2.18. The van der Waals surface area contributed by atoms with Gasteiger partial charge in [-0.1, -0.05) is 0 Å². The van der Waals surface area contributed by atoms with Crippen molar-refractivity contribution in [1.29, 1.82) is 0 Å². The van der Waals surface area contributed by atoms with Gasteiger partial charge in [-0.15, -0.1) is 0 Å². The zero-order valence-corrected chi connectivity index (χ0v) is 5.96. The summed E-state index contributed by atoms with van der Waals surface area (Å²) < 4.78 is 0. The first-order chi connectivity index (χ1) is 4.46. The smallest absolute Gasteiger partial charge is 0.335 e. The third-order valence-corrected chi connectivity index (χ3v) is 1.07. The van der Waals surface area contributed by atoms with Crippen molar-refractivity contribution in [3.05, 3.63) is 11.3 Å². The van der Waals surface area contributed by atoms with Gasteiger partial charge in [0, 0.05) is 5.70 Å². The third kappa shape index (κ3) is 2.06. The van der Waals surface area contributed by atoms with Crippen molar-refractivity contribution in [3.63, 3.8) is 0 Å². The second-order valence-corrected chi connectivity index (χ2v) is 2.08. The number of hydrogen-bond donors (Lipinski definition) is 3. The average molecular weight is 145 g/mol. The lowest BCUT2D eigenvalue weighted by molar-refractivity contribution is -0.133. The van der Waals surface area contributed by atoms with Crippen LogP contribution in [0, 0.1) is 0 Å². The number of carbonyl (C=O) groups is 1. The second-order valence-electron chi connectivity index (χ2n) is 2.08. The Morgan fingerprint density at radius 1 is 1.60 bits per heavy atom. The number of allylic oxidation sites excluding steroid dienone is 1. The Labute approximate surface area is 59.0 Å². The van der Waals surface area contributed by atoms with Crippen molar-refractivity contribution in [3.8, 4) is 0 Å². The van der Waals surface area contributed by atoms with Gasteiger partial charge in [0.25, 0.3) is 0 Å². The van der Waals surface area contributed by atoms with Crippen molar-refractivity contribution in [1.82, 2.24) is 0 Å². The minimum absolute atomic E-state index is 0.139. The molecule has 0 aliphatic carbocycles. The van der Waals surface area contributed by atoms with E-state index in [0.717, 1.165) is 0 Å². The van der Waals surface area contributed by atoms with E-state index in [2.05, 4.69) is 0 Å². The summed E-state index contributed by atoms with van der Waals surface area (Å²) in [6.07, 6.45) is -1.01. The quantitative estimate of drug-likeness (QED) is 0.465. The van der Waals surface area contributed by atoms with Gasteiger partial charge in [0.05, 0.1) is 11.7 Å². The van der Waals surface area contributed by atoms with Gasteiger partial charge in [-0.25, -0.2) is 4.79 Å². The van der Waals surface area contributed by atoms with Crippen LogP contribution in [-0.2, 0) is 4.79 Å². The second kappa shape index (κ2) is 3.22. The van der Waals surface area contributed by atoms with Gasteiger partial charge in [0.2, 0.25) is 0 Å². The average Bonchev–Trinajstić information content (AvgIpc) is 1.59. The molecule has 10 heavy (non-hydrogen) atoms. The molecule has 0 aliphatic heterocycles. The minimum Gasteiger partial charge on any atom is -0.478 e. The van der Waals surface area contributed by atoms with Crippen molar-refractivity contribution >= 4 is 5.97 Å². The van der Waals surface area contributed by atoms with Crippen LogP contribution < -0.4 is 5.73 Å². The van der Waals surface area contributed by atoms with Crippen molar-refractivity contribution in [2.24, 2.45) is 5.73 Å². The highest BCUT2D eigenvalue weighted by Gasteiger charge is 2.14. The molecule has 0 radical (unpaired) electrons. The molecule has 4 N–H and O–H groups in total. The number of nitrogens with two attached hydrogens (primary N) is 1. The van der Waals surface area contributed by atoms with Gasteiger partial charge in [-0.05, 0) is 13.8 Å². The third-order valence-electron chi connectivity index (χ3n) is 1.07. The Bertz CT molecular complexity index is 168. The topological polar surface area (TPSA) is 83.6 Å². The number of carboxylic acid groups (broad SMARTS) is 1. The molecule has 4 nitrogen and oxygen atoms in total. The molecule has 0 aliphatic rings. The highest BCUT2D eigenvalue weighted by atomic mass is 16.4. The van der Waals surface area contributed by atoms with E-state index in [1.54, 1.807) is 0 Å². The Morgan fingerprint density at radius 2 is 2.00 bits per heavy atom. The molecule has 4 heteroatoms. The first kappa shape index (κ1) is 8.97. The molecule has 0 saturated carbocycles. The summed E-state index contributed by atoms with van der Waals surface area (Å²) in [5.41, 5.74) is 5.18. The van der Waals surface area contributed by atoms with Crippen LogP contribution in [0.25, 0.3) is 0 Å². The van der Waals surface area contributed by atoms with E-state index in [1.165, 1.54) is 13.8 Å². The summed E-state index contributed by atoms with van der Waals surface area (Å²) in [5, 5.41) is 17.3. The summed E-state index contributed by atoms with van der Waals surface area (Å²) in [7, 11) is 0. The lowest BCUT2D eigenvalue weighted by Gasteiger charge is -2.06.